The van der Waals surface area contributed by atoms with E-state index in [0.717, 1.165) is 13.0 Å². The van der Waals surface area contributed by atoms with Gasteiger partial charge < -0.3 is 4.74 Å². The number of hydrogen-bond donors (Lipinski definition) is 0. The fourth-order valence-electron chi connectivity index (χ4n) is 2.24. The van der Waals surface area contributed by atoms with Gasteiger partial charge in [-0.2, -0.15) is 0 Å². The van der Waals surface area contributed by atoms with Crippen LogP contribution in [0, 0.1) is 10.8 Å². The standard InChI is InChI=1S/C13H20O/c1-5-10-6-7-12(2,3)13(4,8-10)11-9-14-11/h6-8,11H,5,9H2,1-4H3. The van der Waals surface area contributed by atoms with Crippen LogP contribution in [-0.2, 0) is 4.74 Å². The van der Waals surface area contributed by atoms with Crippen molar-refractivity contribution >= 4 is 0 Å². The Bertz CT molecular complexity index is 294. The van der Waals surface area contributed by atoms with Gasteiger partial charge in [0.25, 0.3) is 0 Å². The normalized spacial score (nSPS) is 39.4. The zero-order chi connectivity index (χ0) is 10.4. The highest BCUT2D eigenvalue weighted by Crippen LogP contribution is 2.52. The summed E-state index contributed by atoms with van der Waals surface area (Å²) in [6.45, 7) is 10.1. The first-order valence-corrected chi connectivity index (χ1v) is 5.52. The Hall–Kier alpha value is -0.560. The maximum absolute atomic E-state index is 5.50. The minimum Gasteiger partial charge on any atom is -0.372 e. The summed E-state index contributed by atoms with van der Waals surface area (Å²) in [7, 11) is 0. The summed E-state index contributed by atoms with van der Waals surface area (Å²) in [5, 5.41) is 0. The molecule has 1 fully saturated rings. The van der Waals surface area contributed by atoms with E-state index in [1.165, 1.54) is 5.57 Å². The van der Waals surface area contributed by atoms with Crippen molar-refractivity contribution in [2.75, 3.05) is 6.61 Å². The van der Waals surface area contributed by atoms with Crippen LogP contribution in [0.15, 0.2) is 23.8 Å². The van der Waals surface area contributed by atoms with Crippen molar-refractivity contribution in [3.8, 4) is 0 Å². The largest absolute Gasteiger partial charge is 0.372 e. The Morgan fingerprint density at radius 2 is 2.07 bits per heavy atom. The second-order valence-corrected chi connectivity index (χ2v) is 5.23. The van der Waals surface area contributed by atoms with E-state index in [2.05, 4.69) is 45.9 Å². The predicted octanol–water partition coefficient (Wildman–Crippen LogP) is 3.32. The van der Waals surface area contributed by atoms with Gasteiger partial charge in [-0.1, -0.05) is 51.5 Å². The maximum atomic E-state index is 5.50. The van der Waals surface area contributed by atoms with Crippen LogP contribution >= 0.6 is 0 Å². The Kier molecular flexibility index (Phi) is 2.11. The summed E-state index contributed by atoms with van der Waals surface area (Å²) in [4.78, 5) is 0. The van der Waals surface area contributed by atoms with Gasteiger partial charge in [0.15, 0.2) is 0 Å². The number of hydrogen-bond acceptors (Lipinski definition) is 1. The van der Waals surface area contributed by atoms with Crippen molar-refractivity contribution < 1.29 is 4.74 Å². The minimum atomic E-state index is 0.188. The number of ether oxygens (including phenoxy) is 1. The van der Waals surface area contributed by atoms with Crippen molar-refractivity contribution in [2.24, 2.45) is 10.8 Å². The van der Waals surface area contributed by atoms with Crippen LogP contribution < -0.4 is 0 Å². The third kappa shape index (κ3) is 1.35. The van der Waals surface area contributed by atoms with Gasteiger partial charge in [-0.05, 0) is 11.8 Å². The molecule has 0 bridgehead atoms. The zero-order valence-electron chi connectivity index (χ0n) is 9.63. The molecule has 1 heteroatoms. The van der Waals surface area contributed by atoms with Gasteiger partial charge in [-0.15, -0.1) is 0 Å². The molecule has 2 rings (SSSR count). The van der Waals surface area contributed by atoms with Crippen LogP contribution in [0.5, 0.6) is 0 Å². The summed E-state index contributed by atoms with van der Waals surface area (Å²) in [5.74, 6) is 0. The van der Waals surface area contributed by atoms with E-state index in [0.29, 0.717) is 6.10 Å². The van der Waals surface area contributed by atoms with E-state index >= 15 is 0 Å². The summed E-state index contributed by atoms with van der Waals surface area (Å²) in [5.41, 5.74) is 1.85. The van der Waals surface area contributed by atoms with Crippen molar-refractivity contribution in [3.05, 3.63) is 23.8 Å². The average molecular weight is 192 g/mol. The fraction of sp³-hybridized carbons (Fsp3) is 0.692. The van der Waals surface area contributed by atoms with E-state index in [-0.39, 0.29) is 10.8 Å². The molecule has 0 aromatic rings. The molecule has 2 aliphatic rings. The predicted molar refractivity (Wildman–Crippen MR) is 59.1 cm³/mol. The van der Waals surface area contributed by atoms with E-state index in [1.54, 1.807) is 0 Å². The van der Waals surface area contributed by atoms with E-state index < -0.39 is 0 Å². The molecule has 1 saturated heterocycles. The van der Waals surface area contributed by atoms with Gasteiger partial charge in [0.05, 0.1) is 12.7 Å². The number of epoxide rings is 1. The van der Waals surface area contributed by atoms with E-state index in [4.69, 9.17) is 4.74 Å². The van der Waals surface area contributed by atoms with Gasteiger partial charge >= 0.3 is 0 Å². The second kappa shape index (κ2) is 2.96. The molecular formula is C13H20O. The highest BCUT2D eigenvalue weighted by Gasteiger charge is 2.51. The van der Waals surface area contributed by atoms with E-state index in [1.807, 2.05) is 0 Å². The molecule has 0 aromatic carbocycles. The first-order chi connectivity index (χ1) is 6.49. The first kappa shape index (κ1) is 9.97. The Balaban J connectivity index is 2.35. The molecule has 78 valence electrons. The summed E-state index contributed by atoms with van der Waals surface area (Å²) in [6.07, 6.45) is 8.58. The molecular weight excluding hydrogens is 172 g/mol. The van der Waals surface area contributed by atoms with Gasteiger partial charge in [0, 0.05) is 5.41 Å². The fourth-order valence-corrected chi connectivity index (χ4v) is 2.24. The average Bonchev–Trinajstić information content (AvgIpc) is 2.93. The molecule has 0 saturated carbocycles. The maximum Gasteiger partial charge on any atom is 0.0905 e. The lowest BCUT2D eigenvalue weighted by Crippen LogP contribution is -2.38. The van der Waals surface area contributed by atoms with Crippen molar-refractivity contribution in [2.45, 2.75) is 40.2 Å². The van der Waals surface area contributed by atoms with Gasteiger partial charge in [-0.25, -0.2) is 0 Å². The van der Waals surface area contributed by atoms with Crippen molar-refractivity contribution in [3.63, 3.8) is 0 Å². The third-order valence-electron chi connectivity index (χ3n) is 4.00. The van der Waals surface area contributed by atoms with Crippen LogP contribution in [0.2, 0.25) is 0 Å². The number of rotatable bonds is 2. The topological polar surface area (TPSA) is 12.5 Å². The quantitative estimate of drug-likeness (QED) is 0.611. The molecule has 1 aliphatic heterocycles. The third-order valence-corrected chi connectivity index (χ3v) is 4.00. The lowest BCUT2D eigenvalue weighted by Gasteiger charge is -2.42. The lowest BCUT2D eigenvalue weighted by atomic mass is 9.61. The molecule has 0 spiro atoms. The first-order valence-electron chi connectivity index (χ1n) is 5.52. The molecule has 0 radical (unpaired) electrons. The molecule has 2 unspecified atom stereocenters. The van der Waals surface area contributed by atoms with E-state index in [9.17, 15) is 0 Å². The summed E-state index contributed by atoms with van der Waals surface area (Å²) >= 11 is 0. The molecule has 1 nitrogen and oxygen atoms in total. The van der Waals surface area contributed by atoms with Crippen molar-refractivity contribution in [1.82, 2.24) is 0 Å². The monoisotopic (exact) mass is 192 g/mol. The number of allylic oxidation sites excluding steroid dienone is 3. The molecule has 0 aromatic heterocycles. The molecule has 14 heavy (non-hydrogen) atoms. The van der Waals surface area contributed by atoms with Crippen molar-refractivity contribution in [1.29, 1.82) is 0 Å². The molecule has 0 amide bonds. The molecule has 0 N–H and O–H groups in total. The van der Waals surface area contributed by atoms with Crippen LogP contribution in [-0.4, -0.2) is 12.7 Å². The van der Waals surface area contributed by atoms with Crippen LogP contribution in [0.1, 0.15) is 34.1 Å². The Morgan fingerprint density at radius 3 is 2.57 bits per heavy atom. The van der Waals surface area contributed by atoms with Gasteiger partial charge in [-0.3, -0.25) is 0 Å². The highest BCUT2D eigenvalue weighted by molar-refractivity contribution is 5.33. The SMILES string of the molecule is CCC1=CC(C)(C2CO2)C(C)(C)C=C1. The van der Waals surface area contributed by atoms with Crippen LogP contribution in [0.25, 0.3) is 0 Å². The highest BCUT2D eigenvalue weighted by atomic mass is 16.6. The summed E-state index contributed by atoms with van der Waals surface area (Å²) < 4.78 is 5.50. The molecule has 2 atom stereocenters. The summed E-state index contributed by atoms with van der Waals surface area (Å²) in [6, 6.07) is 0. The van der Waals surface area contributed by atoms with Gasteiger partial charge in [0.2, 0.25) is 0 Å². The minimum absolute atomic E-state index is 0.188. The zero-order valence-corrected chi connectivity index (χ0v) is 9.63. The van der Waals surface area contributed by atoms with Crippen LogP contribution in [0.4, 0.5) is 0 Å². The Labute approximate surface area is 86.8 Å². The second-order valence-electron chi connectivity index (χ2n) is 5.23. The van der Waals surface area contributed by atoms with Gasteiger partial charge in [0.1, 0.15) is 0 Å². The Morgan fingerprint density at radius 1 is 1.43 bits per heavy atom. The van der Waals surface area contributed by atoms with Crippen LogP contribution in [0.3, 0.4) is 0 Å². The smallest absolute Gasteiger partial charge is 0.0905 e. The molecule has 1 aliphatic carbocycles. The molecule has 1 heterocycles. The lowest BCUT2D eigenvalue weighted by molar-refractivity contribution is 0.144.